The fourth-order valence-corrected chi connectivity index (χ4v) is 1.83. The molecule has 1 unspecified atom stereocenters. The second-order valence-corrected chi connectivity index (χ2v) is 4.62. The Labute approximate surface area is 106 Å². The molecule has 0 aromatic heterocycles. The summed E-state index contributed by atoms with van der Waals surface area (Å²) in [7, 11) is 1.77. The summed E-state index contributed by atoms with van der Waals surface area (Å²) in [6.45, 7) is 2.63. The monoisotopic (exact) mass is 250 g/mol. The number of nitrogens with two attached hydrogens (primary N) is 1. The van der Waals surface area contributed by atoms with Crippen LogP contribution in [0.15, 0.2) is 18.2 Å². The Morgan fingerprint density at radius 2 is 2.17 bits per heavy atom. The predicted molar refractivity (Wildman–Crippen MR) is 67.3 cm³/mol. The topological polar surface area (TPSA) is 64.8 Å². The molecule has 1 amide bonds. The zero-order valence-corrected chi connectivity index (χ0v) is 10.7. The first kappa shape index (κ1) is 12.7. The minimum Gasteiger partial charge on any atom is -0.454 e. The maximum absolute atomic E-state index is 11.8. The summed E-state index contributed by atoms with van der Waals surface area (Å²) in [6.07, 6.45) is 0.362. The predicted octanol–water partition coefficient (Wildman–Crippen LogP) is 1.11. The van der Waals surface area contributed by atoms with Crippen molar-refractivity contribution in [3.8, 4) is 11.5 Å². The van der Waals surface area contributed by atoms with Crippen LogP contribution in [0, 0.1) is 0 Å². The number of hydrogen-bond donors (Lipinski definition) is 1. The van der Waals surface area contributed by atoms with Gasteiger partial charge in [0, 0.05) is 26.1 Å². The van der Waals surface area contributed by atoms with Crippen molar-refractivity contribution in [1.29, 1.82) is 0 Å². The Morgan fingerprint density at radius 3 is 2.89 bits per heavy atom. The Hall–Kier alpha value is -1.75. The molecule has 0 fully saturated rings. The number of benzene rings is 1. The van der Waals surface area contributed by atoms with E-state index in [0.29, 0.717) is 13.0 Å². The third-order valence-electron chi connectivity index (χ3n) is 2.78. The molecule has 5 nitrogen and oxygen atoms in total. The molecule has 98 valence electrons. The van der Waals surface area contributed by atoms with Gasteiger partial charge in [0.05, 0.1) is 0 Å². The number of rotatable bonds is 4. The number of carbonyl (C=O) groups excluding carboxylic acids is 1. The smallest absolute Gasteiger partial charge is 0.231 e. The summed E-state index contributed by atoms with van der Waals surface area (Å²) in [5, 5.41) is 0. The van der Waals surface area contributed by atoms with Crippen molar-refractivity contribution in [2.75, 3.05) is 13.8 Å². The standard InChI is InChI=1S/C13H18N2O3/c1-9(14)5-13(16)15(2)7-10-3-4-11-12(6-10)18-8-17-11/h3-4,6,9H,5,7-8,14H2,1-2H3. The van der Waals surface area contributed by atoms with Gasteiger partial charge in [-0.2, -0.15) is 0 Å². The zero-order chi connectivity index (χ0) is 13.1. The van der Waals surface area contributed by atoms with Crippen LogP contribution in [0.2, 0.25) is 0 Å². The molecule has 1 aromatic rings. The van der Waals surface area contributed by atoms with E-state index in [1.165, 1.54) is 0 Å². The van der Waals surface area contributed by atoms with Crippen molar-refractivity contribution in [1.82, 2.24) is 4.90 Å². The number of fused-ring (bicyclic) bond motifs is 1. The molecule has 5 heteroatoms. The molecular formula is C13H18N2O3. The average Bonchev–Trinajstić information content (AvgIpc) is 2.75. The lowest BCUT2D eigenvalue weighted by Crippen LogP contribution is -2.31. The highest BCUT2D eigenvalue weighted by Crippen LogP contribution is 2.32. The largest absolute Gasteiger partial charge is 0.454 e. The van der Waals surface area contributed by atoms with Crippen LogP contribution in [0.3, 0.4) is 0 Å². The van der Waals surface area contributed by atoms with Gasteiger partial charge in [-0.05, 0) is 24.6 Å². The van der Waals surface area contributed by atoms with E-state index in [0.717, 1.165) is 17.1 Å². The summed E-state index contributed by atoms with van der Waals surface area (Å²) < 4.78 is 10.5. The van der Waals surface area contributed by atoms with Crippen LogP contribution in [0.1, 0.15) is 18.9 Å². The minimum atomic E-state index is -0.114. The molecule has 1 atom stereocenters. The molecule has 1 aliphatic rings. The van der Waals surface area contributed by atoms with Crippen molar-refractivity contribution in [2.45, 2.75) is 25.9 Å². The maximum atomic E-state index is 11.8. The second kappa shape index (κ2) is 5.27. The Kier molecular flexibility index (Phi) is 3.72. The van der Waals surface area contributed by atoms with E-state index < -0.39 is 0 Å². The molecule has 18 heavy (non-hydrogen) atoms. The van der Waals surface area contributed by atoms with E-state index in [-0.39, 0.29) is 18.7 Å². The number of nitrogens with zero attached hydrogens (tertiary/aromatic N) is 1. The van der Waals surface area contributed by atoms with Gasteiger partial charge in [-0.25, -0.2) is 0 Å². The van der Waals surface area contributed by atoms with Crippen molar-refractivity contribution in [3.63, 3.8) is 0 Å². The molecular weight excluding hydrogens is 232 g/mol. The zero-order valence-electron chi connectivity index (χ0n) is 10.7. The van der Waals surface area contributed by atoms with Gasteiger partial charge in [0.2, 0.25) is 12.7 Å². The van der Waals surface area contributed by atoms with Gasteiger partial charge >= 0.3 is 0 Å². The van der Waals surface area contributed by atoms with Gasteiger partial charge < -0.3 is 20.1 Å². The summed E-state index contributed by atoms with van der Waals surface area (Å²) in [4.78, 5) is 13.4. The van der Waals surface area contributed by atoms with Gasteiger partial charge in [-0.1, -0.05) is 6.07 Å². The van der Waals surface area contributed by atoms with Gasteiger partial charge in [-0.15, -0.1) is 0 Å². The van der Waals surface area contributed by atoms with Gasteiger partial charge in [0.1, 0.15) is 0 Å². The van der Waals surface area contributed by atoms with Crippen LogP contribution in [0.25, 0.3) is 0 Å². The number of amides is 1. The van der Waals surface area contributed by atoms with Crippen molar-refractivity contribution in [3.05, 3.63) is 23.8 Å². The fourth-order valence-electron chi connectivity index (χ4n) is 1.83. The highest BCUT2D eigenvalue weighted by molar-refractivity contribution is 5.76. The number of ether oxygens (including phenoxy) is 2. The maximum Gasteiger partial charge on any atom is 0.231 e. The van der Waals surface area contributed by atoms with Crippen LogP contribution in [-0.2, 0) is 11.3 Å². The summed E-state index contributed by atoms with van der Waals surface area (Å²) >= 11 is 0. The van der Waals surface area contributed by atoms with E-state index in [1.807, 2.05) is 25.1 Å². The van der Waals surface area contributed by atoms with E-state index >= 15 is 0 Å². The summed E-state index contributed by atoms with van der Waals surface area (Å²) in [5.41, 5.74) is 6.63. The Morgan fingerprint density at radius 1 is 1.44 bits per heavy atom. The average molecular weight is 250 g/mol. The van der Waals surface area contributed by atoms with Crippen LogP contribution in [0.5, 0.6) is 11.5 Å². The van der Waals surface area contributed by atoms with E-state index in [9.17, 15) is 4.79 Å². The molecule has 0 saturated heterocycles. The third kappa shape index (κ3) is 2.92. The first-order valence-corrected chi connectivity index (χ1v) is 5.94. The third-order valence-corrected chi connectivity index (χ3v) is 2.78. The van der Waals surface area contributed by atoms with E-state index in [2.05, 4.69) is 0 Å². The summed E-state index contributed by atoms with van der Waals surface area (Å²) in [5.74, 6) is 1.53. The minimum absolute atomic E-state index is 0.0441. The lowest BCUT2D eigenvalue weighted by Gasteiger charge is -2.18. The highest BCUT2D eigenvalue weighted by Gasteiger charge is 2.15. The van der Waals surface area contributed by atoms with Crippen LogP contribution < -0.4 is 15.2 Å². The molecule has 0 saturated carbocycles. The lowest BCUT2D eigenvalue weighted by molar-refractivity contribution is -0.130. The van der Waals surface area contributed by atoms with Crippen molar-refractivity contribution >= 4 is 5.91 Å². The number of carbonyl (C=O) groups is 1. The van der Waals surface area contributed by atoms with Crippen LogP contribution >= 0.6 is 0 Å². The molecule has 1 aromatic carbocycles. The lowest BCUT2D eigenvalue weighted by atomic mass is 10.1. The molecule has 0 aliphatic carbocycles. The molecule has 0 bridgehead atoms. The first-order chi connectivity index (χ1) is 8.56. The SMILES string of the molecule is CC(N)CC(=O)N(C)Cc1ccc2c(c1)OCO2. The van der Waals surface area contributed by atoms with Gasteiger partial charge in [0.15, 0.2) is 11.5 Å². The molecule has 1 heterocycles. The Bertz CT molecular complexity index is 446. The van der Waals surface area contributed by atoms with E-state index in [4.69, 9.17) is 15.2 Å². The van der Waals surface area contributed by atoms with E-state index in [1.54, 1.807) is 11.9 Å². The van der Waals surface area contributed by atoms with Crippen LogP contribution in [-0.4, -0.2) is 30.7 Å². The first-order valence-electron chi connectivity index (χ1n) is 5.94. The highest BCUT2D eigenvalue weighted by atomic mass is 16.7. The molecule has 0 spiro atoms. The van der Waals surface area contributed by atoms with Gasteiger partial charge in [0.25, 0.3) is 0 Å². The van der Waals surface area contributed by atoms with Gasteiger partial charge in [-0.3, -0.25) is 4.79 Å². The molecule has 0 radical (unpaired) electrons. The second-order valence-electron chi connectivity index (χ2n) is 4.62. The number of hydrogen-bond acceptors (Lipinski definition) is 4. The molecule has 2 rings (SSSR count). The Balaban J connectivity index is 1.99. The van der Waals surface area contributed by atoms with Crippen LogP contribution in [0.4, 0.5) is 0 Å². The quantitative estimate of drug-likeness (QED) is 0.869. The summed E-state index contributed by atoms with van der Waals surface area (Å²) in [6, 6.07) is 5.58. The fraction of sp³-hybridized carbons (Fsp3) is 0.462. The van der Waals surface area contributed by atoms with Crippen molar-refractivity contribution < 1.29 is 14.3 Å². The molecule has 1 aliphatic heterocycles. The molecule has 2 N–H and O–H groups in total. The van der Waals surface area contributed by atoms with Crippen molar-refractivity contribution in [2.24, 2.45) is 5.73 Å². The normalized spacial score (nSPS) is 14.4.